The average Bonchev–Trinajstić information content (AvgIpc) is 2.44. The molecule has 1 heterocycles. The Labute approximate surface area is 95.8 Å². The molecule has 1 aliphatic rings. The van der Waals surface area contributed by atoms with Gasteiger partial charge in [-0.25, -0.2) is 0 Å². The molecule has 1 amide bonds. The van der Waals surface area contributed by atoms with Crippen LogP contribution in [0.1, 0.15) is 20.3 Å². The van der Waals surface area contributed by atoms with Gasteiger partial charge in [-0.15, -0.1) is 0 Å². The molecule has 1 aliphatic heterocycles. The average molecular weight is 230 g/mol. The predicted octanol–water partition coefficient (Wildman–Crippen LogP) is 0.548. The Bertz CT molecular complexity index is 258. The van der Waals surface area contributed by atoms with Gasteiger partial charge in [-0.05, 0) is 20.3 Å². The first-order chi connectivity index (χ1) is 6.96. The van der Waals surface area contributed by atoms with Gasteiger partial charge < -0.3 is 15.4 Å². The van der Waals surface area contributed by atoms with Gasteiger partial charge >= 0.3 is 0 Å². The molecule has 0 bridgehead atoms. The van der Waals surface area contributed by atoms with Gasteiger partial charge in [0, 0.05) is 19.7 Å². The van der Waals surface area contributed by atoms with Crippen molar-refractivity contribution in [2.45, 2.75) is 20.3 Å². The molecule has 5 heteroatoms. The summed E-state index contributed by atoms with van der Waals surface area (Å²) in [5.41, 5.74) is 4.82. The second-order valence-corrected chi connectivity index (χ2v) is 4.69. The first-order valence-corrected chi connectivity index (χ1v) is 5.54. The number of thiocarbonyl (C=S) groups is 1. The first kappa shape index (κ1) is 12.4. The van der Waals surface area contributed by atoms with E-state index in [9.17, 15) is 4.79 Å². The van der Waals surface area contributed by atoms with Crippen LogP contribution in [0, 0.1) is 5.41 Å². The van der Waals surface area contributed by atoms with Crippen LogP contribution in [0.5, 0.6) is 0 Å². The number of nitrogens with zero attached hydrogens (tertiary/aromatic N) is 1. The van der Waals surface area contributed by atoms with Crippen molar-refractivity contribution in [3.8, 4) is 0 Å². The molecular weight excluding hydrogens is 212 g/mol. The van der Waals surface area contributed by atoms with Gasteiger partial charge in [-0.3, -0.25) is 4.79 Å². The van der Waals surface area contributed by atoms with E-state index in [2.05, 4.69) is 0 Å². The van der Waals surface area contributed by atoms with Gasteiger partial charge in [0.05, 0.1) is 17.0 Å². The van der Waals surface area contributed by atoms with E-state index in [1.807, 2.05) is 0 Å². The monoisotopic (exact) mass is 230 g/mol. The summed E-state index contributed by atoms with van der Waals surface area (Å²) in [6.07, 6.45) is 0.874. The Morgan fingerprint density at radius 1 is 1.40 bits per heavy atom. The summed E-state index contributed by atoms with van der Waals surface area (Å²) in [7, 11) is 0. The number of amides is 1. The van der Waals surface area contributed by atoms with Crippen molar-refractivity contribution >= 4 is 23.1 Å². The molecule has 0 aromatic carbocycles. The molecule has 4 nitrogen and oxygen atoms in total. The number of nitrogens with two attached hydrogens (primary N) is 1. The van der Waals surface area contributed by atoms with Crippen LogP contribution in [0.25, 0.3) is 0 Å². The molecule has 1 fully saturated rings. The second kappa shape index (κ2) is 4.90. The van der Waals surface area contributed by atoms with Crippen LogP contribution < -0.4 is 5.73 Å². The number of hydrogen-bond acceptors (Lipinski definition) is 3. The van der Waals surface area contributed by atoms with Crippen molar-refractivity contribution in [2.75, 3.05) is 26.3 Å². The molecule has 86 valence electrons. The van der Waals surface area contributed by atoms with Gasteiger partial charge in [0.1, 0.15) is 0 Å². The standard InChI is InChI=1S/C10H18N2O2S/c1-10(2,8(11)15)9(13)12-4-3-6-14-7-5-12/h3-7H2,1-2H3,(H2,11,15). The fourth-order valence-corrected chi connectivity index (χ4v) is 1.54. The Kier molecular flexibility index (Phi) is 4.04. The zero-order valence-electron chi connectivity index (χ0n) is 9.28. The van der Waals surface area contributed by atoms with E-state index in [1.54, 1.807) is 18.7 Å². The zero-order valence-corrected chi connectivity index (χ0v) is 10.1. The molecule has 15 heavy (non-hydrogen) atoms. The van der Waals surface area contributed by atoms with E-state index in [-0.39, 0.29) is 10.9 Å². The number of rotatable bonds is 2. The summed E-state index contributed by atoms with van der Waals surface area (Å²) in [6.45, 7) is 6.21. The van der Waals surface area contributed by atoms with Gasteiger partial charge in [0.2, 0.25) is 5.91 Å². The third kappa shape index (κ3) is 2.89. The number of ether oxygens (including phenoxy) is 1. The van der Waals surface area contributed by atoms with Crippen LogP contribution in [0.2, 0.25) is 0 Å². The smallest absolute Gasteiger partial charge is 0.235 e. The third-order valence-electron chi connectivity index (χ3n) is 2.66. The van der Waals surface area contributed by atoms with Crippen molar-refractivity contribution < 1.29 is 9.53 Å². The fourth-order valence-electron chi connectivity index (χ4n) is 1.45. The highest BCUT2D eigenvalue weighted by Gasteiger charge is 2.34. The normalized spacial score (nSPS) is 18.4. The summed E-state index contributed by atoms with van der Waals surface area (Å²) in [5, 5.41) is 0. The molecule has 0 aromatic rings. The Morgan fingerprint density at radius 2 is 2.07 bits per heavy atom. The molecule has 0 aliphatic carbocycles. The van der Waals surface area contributed by atoms with Crippen LogP contribution in [0.3, 0.4) is 0 Å². The minimum absolute atomic E-state index is 0.000463. The van der Waals surface area contributed by atoms with Crippen LogP contribution in [-0.4, -0.2) is 42.1 Å². The van der Waals surface area contributed by atoms with Gasteiger partial charge in [-0.1, -0.05) is 12.2 Å². The lowest BCUT2D eigenvalue weighted by molar-refractivity contribution is -0.136. The third-order valence-corrected chi connectivity index (χ3v) is 3.17. The Balaban J connectivity index is 2.69. The van der Waals surface area contributed by atoms with Crippen LogP contribution >= 0.6 is 12.2 Å². The predicted molar refractivity (Wildman–Crippen MR) is 62.6 cm³/mol. The zero-order chi connectivity index (χ0) is 11.5. The molecule has 0 unspecified atom stereocenters. The summed E-state index contributed by atoms with van der Waals surface area (Å²) in [6, 6.07) is 0. The SMILES string of the molecule is CC(C)(C(=O)N1CCCOCC1)C(N)=S. The fraction of sp³-hybridized carbons (Fsp3) is 0.800. The van der Waals surface area contributed by atoms with Crippen molar-refractivity contribution in [3.05, 3.63) is 0 Å². The highest BCUT2D eigenvalue weighted by atomic mass is 32.1. The molecule has 1 rings (SSSR count). The Hall–Kier alpha value is -0.680. The molecule has 0 saturated carbocycles. The maximum absolute atomic E-state index is 12.1. The van der Waals surface area contributed by atoms with E-state index >= 15 is 0 Å². The van der Waals surface area contributed by atoms with E-state index < -0.39 is 5.41 Å². The highest BCUT2D eigenvalue weighted by Crippen LogP contribution is 2.20. The molecule has 0 radical (unpaired) electrons. The number of hydrogen-bond donors (Lipinski definition) is 1. The van der Waals surface area contributed by atoms with Crippen LogP contribution in [0.4, 0.5) is 0 Å². The summed E-state index contributed by atoms with van der Waals surface area (Å²) in [4.78, 5) is 14.1. The van der Waals surface area contributed by atoms with Gasteiger partial charge in [0.15, 0.2) is 0 Å². The minimum atomic E-state index is -0.750. The van der Waals surface area contributed by atoms with Crippen LogP contribution in [-0.2, 0) is 9.53 Å². The molecule has 2 N–H and O–H groups in total. The molecular formula is C10H18N2O2S. The lowest BCUT2D eigenvalue weighted by Gasteiger charge is -2.29. The number of carbonyl (C=O) groups is 1. The topological polar surface area (TPSA) is 55.6 Å². The lowest BCUT2D eigenvalue weighted by atomic mass is 9.91. The van der Waals surface area contributed by atoms with E-state index in [4.69, 9.17) is 22.7 Å². The maximum atomic E-state index is 12.1. The molecule has 1 saturated heterocycles. The van der Waals surface area contributed by atoms with Crippen molar-refractivity contribution in [2.24, 2.45) is 11.1 Å². The van der Waals surface area contributed by atoms with Crippen molar-refractivity contribution in [3.63, 3.8) is 0 Å². The number of carbonyl (C=O) groups excluding carboxylic acids is 1. The second-order valence-electron chi connectivity index (χ2n) is 4.25. The summed E-state index contributed by atoms with van der Waals surface area (Å²) < 4.78 is 5.29. The molecule has 0 spiro atoms. The van der Waals surface area contributed by atoms with E-state index in [0.29, 0.717) is 13.2 Å². The summed E-state index contributed by atoms with van der Waals surface area (Å²) in [5.74, 6) is 0.000463. The molecule has 0 aromatic heterocycles. The van der Waals surface area contributed by atoms with Crippen molar-refractivity contribution in [1.29, 1.82) is 0 Å². The van der Waals surface area contributed by atoms with Gasteiger partial charge in [0.25, 0.3) is 0 Å². The first-order valence-electron chi connectivity index (χ1n) is 5.13. The maximum Gasteiger partial charge on any atom is 0.235 e. The minimum Gasteiger partial charge on any atom is -0.392 e. The van der Waals surface area contributed by atoms with E-state index in [0.717, 1.165) is 19.6 Å². The lowest BCUT2D eigenvalue weighted by Crippen LogP contribution is -2.47. The highest BCUT2D eigenvalue weighted by molar-refractivity contribution is 7.80. The summed E-state index contributed by atoms with van der Waals surface area (Å²) >= 11 is 4.91. The molecule has 0 atom stereocenters. The van der Waals surface area contributed by atoms with Gasteiger partial charge in [-0.2, -0.15) is 0 Å². The van der Waals surface area contributed by atoms with Crippen LogP contribution in [0.15, 0.2) is 0 Å². The van der Waals surface area contributed by atoms with Crippen molar-refractivity contribution in [1.82, 2.24) is 4.90 Å². The van der Waals surface area contributed by atoms with E-state index in [1.165, 1.54) is 0 Å². The Morgan fingerprint density at radius 3 is 2.67 bits per heavy atom. The quantitative estimate of drug-likeness (QED) is 0.704. The largest absolute Gasteiger partial charge is 0.392 e.